The van der Waals surface area contributed by atoms with Crippen LogP contribution in [0.4, 0.5) is 13.2 Å². The zero-order valence-corrected chi connectivity index (χ0v) is 18.7. The number of morpholine rings is 1. The standard InChI is InChI=1S/C21H30F3N3O4S/c22-21(23,24)14-25-32(28,29)26-20-16-1-2-17(20)12-18-13-19(4-3-15(18)11-16)31-10-7-27-5-8-30-9-6-27/h3-4,13,16-17,20,25-26H,1-2,5-12,14H2/t16-,17+,20+/m0/s1. The van der Waals surface area contributed by atoms with Crippen LogP contribution in [0.25, 0.3) is 0 Å². The van der Waals surface area contributed by atoms with Crippen molar-refractivity contribution < 1.29 is 31.1 Å². The molecule has 4 rings (SSSR count). The lowest BCUT2D eigenvalue weighted by Crippen LogP contribution is -2.49. The summed E-state index contributed by atoms with van der Waals surface area (Å²) in [4.78, 5) is 2.30. The monoisotopic (exact) mass is 477 g/mol. The van der Waals surface area contributed by atoms with Crippen LogP contribution in [-0.4, -0.2) is 71.5 Å². The van der Waals surface area contributed by atoms with Gasteiger partial charge in [0.05, 0.1) is 13.2 Å². The Morgan fingerprint density at radius 1 is 1.09 bits per heavy atom. The minimum absolute atomic E-state index is 0.0484. The van der Waals surface area contributed by atoms with Crippen LogP contribution < -0.4 is 14.2 Å². The summed E-state index contributed by atoms with van der Waals surface area (Å²) in [6.45, 7) is 3.15. The second kappa shape index (κ2) is 9.84. The molecule has 0 aromatic heterocycles. The van der Waals surface area contributed by atoms with E-state index < -0.39 is 22.9 Å². The molecule has 11 heteroatoms. The van der Waals surface area contributed by atoms with E-state index in [1.807, 2.05) is 18.2 Å². The van der Waals surface area contributed by atoms with Crippen molar-refractivity contribution in [2.45, 2.75) is 37.9 Å². The molecule has 1 saturated heterocycles. The minimum Gasteiger partial charge on any atom is -0.492 e. The first kappa shape index (κ1) is 23.7. The zero-order chi connectivity index (χ0) is 22.8. The van der Waals surface area contributed by atoms with E-state index in [1.165, 1.54) is 0 Å². The summed E-state index contributed by atoms with van der Waals surface area (Å²) in [5.41, 5.74) is 2.29. The van der Waals surface area contributed by atoms with Crippen LogP contribution in [0.5, 0.6) is 5.75 Å². The molecule has 1 aromatic rings. The lowest BCUT2D eigenvalue weighted by molar-refractivity contribution is -0.121. The number of nitrogens with one attached hydrogen (secondary N) is 2. The minimum atomic E-state index is -4.59. The van der Waals surface area contributed by atoms with Gasteiger partial charge in [0.1, 0.15) is 18.9 Å². The number of hydrogen-bond donors (Lipinski definition) is 2. The normalized spacial score (nSPS) is 26.5. The molecule has 1 saturated carbocycles. The maximum atomic E-state index is 12.4. The molecule has 2 fully saturated rings. The third-order valence-electron chi connectivity index (χ3n) is 6.60. The average molecular weight is 478 g/mol. The van der Waals surface area contributed by atoms with Crippen molar-refractivity contribution in [1.82, 2.24) is 14.3 Å². The van der Waals surface area contributed by atoms with E-state index in [0.717, 1.165) is 62.6 Å². The van der Waals surface area contributed by atoms with E-state index in [2.05, 4.69) is 9.62 Å². The summed E-state index contributed by atoms with van der Waals surface area (Å²) in [5, 5.41) is 0. The van der Waals surface area contributed by atoms with Crippen molar-refractivity contribution in [1.29, 1.82) is 0 Å². The fourth-order valence-electron chi connectivity index (χ4n) is 4.98. The SMILES string of the molecule is O=S(=O)(NCC(F)(F)F)N[C@H]1[C@@H]2CC[C@H]1Cc1ccc(OCCN3CCOCC3)cc1C2. The van der Waals surface area contributed by atoms with Crippen LogP contribution in [0.2, 0.25) is 0 Å². The first-order valence-corrected chi connectivity index (χ1v) is 12.6. The van der Waals surface area contributed by atoms with Crippen molar-refractivity contribution in [3.8, 4) is 5.75 Å². The predicted octanol–water partition coefficient (Wildman–Crippen LogP) is 1.88. The first-order chi connectivity index (χ1) is 15.2. The summed E-state index contributed by atoms with van der Waals surface area (Å²) >= 11 is 0. The molecular weight excluding hydrogens is 447 g/mol. The Morgan fingerprint density at radius 2 is 1.78 bits per heavy atom. The van der Waals surface area contributed by atoms with Crippen molar-refractivity contribution >= 4 is 10.2 Å². The van der Waals surface area contributed by atoms with E-state index in [4.69, 9.17) is 9.47 Å². The molecular formula is C21H30F3N3O4S. The van der Waals surface area contributed by atoms with Gasteiger partial charge < -0.3 is 9.47 Å². The van der Waals surface area contributed by atoms with Gasteiger partial charge in [-0.25, -0.2) is 0 Å². The smallest absolute Gasteiger partial charge is 0.402 e. The molecule has 1 heterocycles. The van der Waals surface area contributed by atoms with Gasteiger partial charge in [0.15, 0.2) is 0 Å². The van der Waals surface area contributed by atoms with Crippen LogP contribution >= 0.6 is 0 Å². The Bertz CT molecular complexity index is 891. The van der Waals surface area contributed by atoms with Gasteiger partial charge in [-0.3, -0.25) is 4.90 Å². The Balaban J connectivity index is 1.36. The van der Waals surface area contributed by atoms with Gasteiger partial charge in [-0.1, -0.05) is 6.07 Å². The van der Waals surface area contributed by atoms with Gasteiger partial charge in [0, 0.05) is 25.7 Å². The van der Waals surface area contributed by atoms with Gasteiger partial charge in [0.2, 0.25) is 0 Å². The molecule has 1 aromatic carbocycles. The maximum absolute atomic E-state index is 12.4. The fraction of sp³-hybridized carbons (Fsp3) is 0.714. The topological polar surface area (TPSA) is 79.9 Å². The van der Waals surface area contributed by atoms with Crippen LogP contribution in [0.15, 0.2) is 18.2 Å². The molecule has 3 atom stereocenters. The summed E-state index contributed by atoms with van der Waals surface area (Å²) in [6, 6.07) is 5.64. The number of fused-ring (bicyclic) bond motifs is 3. The third kappa shape index (κ3) is 6.34. The molecule has 2 bridgehead atoms. The van der Waals surface area contributed by atoms with Crippen molar-refractivity contribution in [2.24, 2.45) is 11.8 Å². The van der Waals surface area contributed by atoms with E-state index >= 15 is 0 Å². The van der Waals surface area contributed by atoms with Gasteiger partial charge in [0.25, 0.3) is 10.2 Å². The molecule has 0 unspecified atom stereocenters. The molecule has 0 spiro atoms. The summed E-state index contributed by atoms with van der Waals surface area (Å²) in [6.07, 6.45) is -1.51. The quantitative estimate of drug-likeness (QED) is 0.598. The highest BCUT2D eigenvalue weighted by atomic mass is 32.2. The lowest BCUT2D eigenvalue weighted by Gasteiger charge is -2.26. The van der Waals surface area contributed by atoms with E-state index in [0.29, 0.717) is 19.4 Å². The Morgan fingerprint density at radius 3 is 2.47 bits per heavy atom. The predicted molar refractivity (Wildman–Crippen MR) is 113 cm³/mol. The maximum Gasteiger partial charge on any atom is 0.402 e. The van der Waals surface area contributed by atoms with E-state index in [9.17, 15) is 21.6 Å². The van der Waals surface area contributed by atoms with Crippen LogP contribution in [-0.2, 0) is 27.8 Å². The highest BCUT2D eigenvalue weighted by Crippen LogP contribution is 2.41. The van der Waals surface area contributed by atoms with E-state index in [-0.39, 0.29) is 17.9 Å². The summed E-state index contributed by atoms with van der Waals surface area (Å²) < 4.78 is 77.1. The Labute approximate surface area is 186 Å². The zero-order valence-electron chi connectivity index (χ0n) is 17.9. The highest BCUT2D eigenvalue weighted by Gasteiger charge is 2.41. The highest BCUT2D eigenvalue weighted by molar-refractivity contribution is 7.87. The van der Waals surface area contributed by atoms with Crippen LogP contribution in [0.1, 0.15) is 24.0 Å². The Kier molecular flexibility index (Phi) is 7.30. The number of benzene rings is 1. The lowest BCUT2D eigenvalue weighted by atomic mass is 9.93. The largest absolute Gasteiger partial charge is 0.492 e. The van der Waals surface area contributed by atoms with Gasteiger partial charge >= 0.3 is 6.18 Å². The number of hydrogen-bond acceptors (Lipinski definition) is 5. The number of ether oxygens (including phenoxy) is 2. The number of alkyl halides is 3. The van der Waals surface area contributed by atoms with Crippen LogP contribution in [0.3, 0.4) is 0 Å². The number of rotatable bonds is 8. The second-order valence-corrected chi connectivity index (χ2v) is 10.4. The van der Waals surface area contributed by atoms with Crippen molar-refractivity contribution in [2.75, 3.05) is 46.0 Å². The van der Waals surface area contributed by atoms with E-state index in [1.54, 1.807) is 4.72 Å². The van der Waals surface area contributed by atoms with Gasteiger partial charge in [-0.05, 0) is 60.8 Å². The van der Waals surface area contributed by atoms with Crippen LogP contribution in [0, 0.1) is 11.8 Å². The molecule has 7 nitrogen and oxygen atoms in total. The van der Waals surface area contributed by atoms with Gasteiger partial charge in [-0.2, -0.15) is 31.0 Å². The average Bonchev–Trinajstić information content (AvgIpc) is 3.01. The number of halogens is 3. The molecule has 180 valence electrons. The Hall–Kier alpha value is -1.40. The summed E-state index contributed by atoms with van der Waals surface area (Å²) in [7, 11) is -4.23. The molecule has 2 aliphatic carbocycles. The molecule has 32 heavy (non-hydrogen) atoms. The third-order valence-corrected chi connectivity index (χ3v) is 7.71. The molecule has 0 radical (unpaired) electrons. The summed E-state index contributed by atoms with van der Waals surface area (Å²) in [5.74, 6) is 0.905. The number of nitrogens with zero attached hydrogens (tertiary/aromatic N) is 1. The van der Waals surface area contributed by atoms with Gasteiger partial charge in [-0.15, -0.1) is 0 Å². The first-order valence-electron chi connectivity index (χ1n) is 11.1. The second-order valence-electron chi connectivity index (χ2n) is 8.82. The molecule has 1 aliphatic heterocycles. The van der Waals surface area contributed by atoms with Crippen molar-refractivity contribution in [3.63, 3.8) is 0 Å². The fourth-order valence-corrected chi connectivity index (χ4v) is 6.16. The molecule has 3 aliphatic rings. The molecule has 0 amide bonds. The molecule has 2 N–H and O–H groups in total. The van der Waals surface area contributed by atoms with Crippen molar-refractivity contribution in [3.05, 3.63) is 29.3 Å².